The normalized spacial score (nSPS) is 13.7. The standard InChI is InChI=1S/C17H30OSi/c1-16(2,3)12-10-13(17(4,5)6)15(18)14(11-12)19(7,8)9/h10-11,18H,1-9H3. The summed E-state index contributed by atoms with van der Waals surface area (Å²) in [5, 5.41) is 11.9. The Morgan fingerprint density at radius 2 is 1.32 bits per heavy atom. The van der Waals surface area contributed by atoms with E-state index in [0.29, 0.717) is 5.75 Å². The highest BCUT2D eigenvalue weighted by Gasteiger charge is 2.29. The van der Waals surface area contributed by atoms with Crippen LogP contribution in [-0.2, 0) is 10.8 Å². The summed E-state index contributed by atoms with van der Waals surface area (Å²) < 4.78 is 0. The molecule has 0 bridgehead atoms. The van der Waals surface area contributed by atoms with Gasteiger partial charge in [0.25, 0.3) is 0 Å². The highest BCUT2D eigenvalue weighted by molar-refractivity contribution is 6.89. The van der Waals surface area contributed by atoms with Crippen molar-refractivity contribution in [3.05, 3.63) is 23.3 Å². The molecule has 0 saturated carbocycles. The van der Waals surface area contributed by atoms with Gasteiger partial charge in [-0.2, -0.15) is 0 Å². The molecule has 0 fully saturated rings. The zero-order valence-electron chi connectivity index (χ0n) is 14.1. The van der Waals surface area contributed by atoms with Crippen LogP contribution in [0.1, 0.15) is 52.7 Å². The summed E-state index contributed by atoms with van der Waals surface area (Å²) in [5.41, 5.74) is 2.49. The SMILES string of the molecule is CC(C)(C)c1cc(C(C)(C)C)c(O)c([Si](C)(C)C)c1. The van der Waals surface area contributed by atoms with Gasteiger partial charge in [-0.25, -0.2) is 0 Å². The Morgan fingerprint density at radius 3 is 1.63 bits per heavy atom. The van der Waals surface area contributed by atoms with Gasteiger partial charge in [-0.05, 0) is 27.1 Å². The van der Waals surface area contributed by atoms with Crippen LogP contribution in [-0.4, -0.2) is 13.2 Å². The summed E-state index contributed by atoms with van der Waals surface area (Å²) in [6, 6.07) is 4.43. The average molecular weight is 279 g/mol. The molecule has 0 radical (unpaired) electrons. The van der Waals surface area contributed by atoms with E-state index in [2.05, 4.69) is 73.3 Å². The lowest BCUT2D eigenvalue weighted by molar-refractivity contribution is 0.448. The molecular weight excluding hydrogens is 248 g/mol. The number of phenols is 1. The van der Waals surface area contributed by atoms with E-state index in [1.807, 2.05) is 0 Å². The van der Waals surface area contributed by atoms with Crippen LogP contribution < -0.4 is 5.19 Å². The number of hydrogen-bond acceptors (Lipinski definition) is 1. The van der Waals surface area contributed by atoms with Crippen LogP contribution in [0, 0.1) is 0 Å². The minimum atomic E-state index is -1.55. The van der Waals surface area contributed by atoms with Gasteiger partial charge in [0.15, 0.2) is 0 Å². The first-order valence-corrected chi connectivity index (χ1v) is 10.6. The van der Waals surface area contributed by atoms with E-state index in [1.54, 1.807) is 0 Å². The largest absolute Gasteiger partial charge is 0.508 e. The first-order valence-electron chi connectivity index (χ1n) is 7.13. The second-order valence-corrected chi connectivity index (χ2v) is 13.7. The Hall–Kier alpha value is -0.763. The molecule has 0 amide bonds. The molecule has 0 saturated heterocycles. The molecular formula is C17H30OSi. The van der Waals surface area contributed by atoms with Crippen LogP contribution in [0.5, 0.6) is 5.75 Å². The van der Waals surface area contributed by atoms with Gasteiger partial charge in [-0.1, -0.05) is 73.3 Å². The maximum absolute atomic E-state index is 10.7. The van der Waals surface area contributed by atoms with Crippen molar-refractivity contribution in [3.63, 3.8) is 0 Å². The fourth-order valence-corrected chi connectivity index (χ4v) is 3.64. The molecule has 19 heavy (non-hydrogen) atoms. The molecule has 0 unspecified atom stereocenters. The van der Waals surface area contributed by atoms with Crippen LogP contribution >= 0.6 is 0 Å². The summed E-state index contributed by atoms with van der Waals surface area (Å²) in [6.45, 7) is 20.1. The molecule has 108 valence electrons. The fraction of sp³-hybridized carbons (Fsp3) is 0.647. The summed E-state index contributed by atoms with van der Waals surface area (Å²) in [4.78, 5) is 0. The smallest absolute Gasteiger partial charge is 0.118 e. The van der Waals surface area contributed by atoms with Gasteiger partial charge in [0.1, 0.15) is 5.75 Å². The lowest BCUT2D eigenvalue weighted by Gasteiger charge is -2.30. The van der Waals surface area contributed by atoms with Crippen molar-refractivity contribution in [1.29, 1.82) is 0 Å². The van der Waals surface area contributed by atoms with E-state index >= 15 is 0 Å². The van der Waals surface area contributed by atoms with E-state index in [1.165, 1.54) is 10.8 Å². The lowest BCUT2D eigenvalue weighted by atomic mass is 9.80. The molecule has 1 aromatic rings. The van der Waals surface area contributed by atoms with Crippen molar-refractivity contribution in [2.24, 2.45) is 0 Å². The quantitative estimate of drug-likeness (QED) is 0.748. The van der Waals surface area contributed by atoms with E-state index in [4.69, 9.17) is 0 Å². The highest BCUT2D eigenvalue weighted by atomic mass is 28.3. The molecule has 0 atom stereocenters. The van der Waals surface area contributed by atoms with E-state index in [0.717, 1.165) is 5.56 Å². The van der Waals surface area contributed by atoms with Crippen molar-refractivity contribution >= 4 is 13.3 Å². The number of rotatable bonds is 1. The Balaban J connectivity index is 3.68. The molecule has 1 N–H and O–H groups in total. The molecule has 1 aromatic carbocycles. The molecule has 0 heterocycles. The third-order valence-corrected chi connectivity index (χ3v) is 5.59. The highest BCUT2D eigenvalue weighted by Crippen LogP contribution is 2.34. The molecule has 0 spiro atoms. The van der Waals surface area contributed by atoms with Crippen molar-refractivity contribution in [1.82, 2.24) is 0 Å². The first kappa shape index (κ1) is 16.3. The second kappa shape index (κ2) is 4.66. The second-order valence-electron chi connectivity index (χ2n) is 8.67. The molecule has 0 aromatic heterocycles. The zero-order chi connectivity index (χ0) is 15.2. The molecule has 0 aliphatic carbocycles. The Morgan fingerprint density at radius 1 is 0.842 bits per heavy atom. The maximum atomic E-state index is 10.7. The van der Waals surface area contributed by atoms with Gasteiger partial charge in [-0.15, -0.1) is 0 Å². The van der Waals surface area contributed by atoms with Crippen LogP contribution in [0.2, 0.25) is 19.6 Å². The third kappa shape index (κ3) is 3.62. The first-order chi connectivity index (χ1) is 8.24. The van der Waals surface area contributed by atoms with Crippen LogP contribution in [0.25, 0.3) is 0 Å². The summed E-state index contributed by atoms with van der Waals surface area (Å²) >= 11 is 0. The number of hydrogen-bond donors (Lipinski definition) is 1. The van der Waals surface area contributed by atoms with Crippen molar-refractivity contribution in [2.45, 2.75) is 72.0 Å². The van der Waals surface area contributed by atoms with Crippen LogP contribution in [0.4, 0.5) is 0 Å². The Labute approximate surface area is 120 Å². The average Bonchev–Trinajstić information content (AvgIpc) is 2.11. The molecule has 1 rings (SSSR count). The van der Waals surface area contributed by atoms with Gasteiger partial charge < -0.3 is 5.11 Å². The van der Waals surface area contributed by atoms with E-state index in [-0.39, 0.29) is 10.8 Å². The number of aromatic hydroxyl groups is 1. The van der Waals surface area contributed by atoms with Gasteiger partial charge in [0.2, 0.25) is 0 Å². The van der Waals surface area contributed by atoms with Gasteiger partial charge >= 0.3 is 0 Å². The number of benzene rings is 1. The molecule has 0 aliphatic heterocycles. The van der Waals surface area contributed by atoms with E-state index < -0.39 is 8.07 Å². The predicted octanol–water partition coefficient (Wildman–Crippen LogP) is 4.53. The Kier molecular flexibility index (Phi) is 3.99. The summed E-state index contributed by atoms with van der Waals surface area (Å²) in [7, 11) is -1.55. The molecule has 2 heteroatoms. The topological polar surface area (TPSA) is 20.2 Å². The minimum absolute atomic E-state index is 0.0280. The Bertz CT molecular complexity index is 433. The monoisotopic (exact) mass is 278 g/mol. The van der Waals surface area contributed by atoms with Gasteiger partial charge in [-0.3, -0.25) is 0 Å². The summed E-state index contributed by atoms with van der Waals surface area (Å²) in [6.07, 6.45) is 0. The van der Waals surface area contributed by atoms with Crippen molar-refractivity contribution < 1.29 is 5.11 Å². The van der Waals surface area contributed by atoms with Gasteiger partial charge in [0, 0.05) is 0 Å². The van der Waals surface area contributed by atoms with E-state index in [9.17, 15) is 5.11 Å². The van der Waals surface area contributed by atoms with Gasteiger partial charge in [0.05, 0.1) is 8.07 Å². The zero-order valence-corrected chi connectivity index (χ0v) is 15.1. The minimum Gasteiger partial charge on any atom is -0.508 e. The van der Waals surface area contributed by atoms with Crippen molar-refractivity contribution in [2.75, 3.05) is 0 Å². The summed E-state index contributed by atoms with van der Waals surface area (Å²) in [5.74, 6) is 0.527. The predicted molar refractivity (Wildman–Crippen MR) is 88.5 cm³/mol. The lowest BCUT2D eigenvalue weighted by Crippen LogP contribution is -2.39. The maximum Gasteiger partial charge on any atom is 0.118 e. The molecule has 1 nitrogen and oxygen atoms in total. The fourth-order valence-electron chi connectivity index (χ4n) is 2.21. The van der Waals surface area contributed by atoms with Crippen molar-refractivity contribution in [3.8, 4) is 5.75 Å². The third-order valence-electron chi connectivity index (χ3n) is 3.59. The number of phenolic OH excluding ortho intramolecular Hbond substituents is 1. The van der Waals surface area contributed by atoms with Crippen LogP contribution in [0.15, 0.2) is 12.1 Å². The van der Waals surface area contributed by atoms with Crippen LogP contribution in [0.3, 0.4) is 0 Å². The molecule has 0 aliphatic rings.